The predicted molar refractivity (Wildman–Crippen MR) is 64.8 cm³/mol. The van der Waals surface area contributed by atoms with E-state index in [2.05, 4.69) is 5.32 Å². The molecule has 0 heterocycles. The molecule has 98 valence electrons. The van der Waals surface area contributed by atoms with Gasteiger partial charge in [0.1, 0.15) is 11.6 Å². The van der Waals surface area contributed by atoms with Crippen molar-refractivity contribution in [3.63, 3.8) is 0 Å². The van der Waals surface area contributed by atoms with Crippen LogP contribution < -0.4 is 5.32 Å². The maximum Gasteiger partial charge on any atom is 0.223 e. The van der Waals surface area contributed by atoms with Crippen molar-refractivity contribution in [3.05, 3.63) is 35.4 Å². The second kappa shape index (κ2) is 5.94. The largest absolute Gasteiger partial charge is 0.352 e. The molecule has 0 saturated heterocycles. The smallest absolute Gasteiger partial charge is 0.223 e. The molecule has 2 nitrogen and oxygen atoms in total. The van der Waals surface area contributed by atoms with Crippen LogP contribution in [0.25, 0.3) is 0 Å². The third-order valence-corrected chi connectivity index (χ3v) is 3.44. The van der Waals surface area contributed by atoms with Gasteiger partial charge in [-0.1, -0.05) is 19.3 Å². The number of hydrogen-bond acceptors (Lipinski definition) is 1. The molecule has 0 aliphatic heterocycles. The minimum atomic E-state index is -0.488. The SMILES string of the molecule is O=C(NCc1cc(F)ccc1F)C1CCCCC1. The second-order valence-electron chi connectivity index (χ2n) is 4.79. The molecule has 1 N–H and O–H groups in total. The van der Waals surface area contributed by atoms with Gasteiger partial charge in [-0.3, -0.25) is 4.79 Å². The highest BCUT2D eigenvalue weighted by Crippen LogP contribution is 2.23. The maximum absolute atomic E-state index is 13.3. The summed E-state index contributed by atoms with van der Waals surface area (Å²) in [6, 6.07) is 3.27. The summed E-state index contributed by atoms with van der Waals surface area (Å²) in [6.45, 7) is 0.0545. The van der Waals surface area contributed by atoms with Crippen molar-refractivity contribution in [2.45, 2.75) is 38.6 Å². The number of amides is 1. The molecule has 18 heavy (non-hydrogen) atoms. The number of rotatable bonds is 3. The summed E-state index contributed by atoms with van der Waals surface area (Å²) in [7, 11) is 0. The average Bonchev–Trinajstić information content (AvgIpc) is 2.40. The summed E-state index contributed by atoms with van der Waals surface area (Å²) in [5.74, 6) is -0.979. The molecule has 1 saturated carbocycles. The van der Waals surface area contributed by atoms with Crippen LogP contribution in [-0.4, -0.2) is 5.91 Å². The number of benzene rings is 1. The molecule has 2 rings (SSSR count). The van der Waals surface area contributed by atoms with Crippen molar-refractivity contribution >= 4 is 5.91 Å². The van der Waals surface area contributed by atoms with E-state index in [1.54, 1.807) is 0 Å². The van der Waals surface area contributed by atoms with Crippen LogP contribution in [0.15, 0.2) is 18.2 Å². The maximum atomic E-state index is 13.3. The normalized spacial score (nSPS) is 16.6. The lowest BCUT2D eigenvalue weighted by Gasteiger charge is -2.20. The summed E-state index contributed by atoms with van der Waals surface area (Å²) in [6.07, 6.45) is 5.13. The lowest BCUT2D eigenvalue weighted by atomic mass is 9.88. The molecule has 1 fully saturated rings. The van der Waals surface area contributed by atoms with E-state index >= 15 is 0 Å². The van der Waals surface area contributed by atoms with Crippen LogP contribution in [0.1, 0.15) is 37.7 Å². The predicted octanol–water partition coefficient (Wildman–Crippen LogP) is 3.16. The van der Waals surface area contributed by atoms with Crippen LogP contribution in [0.3, 0.4) is 0 Å². The Hall–Kier alpha value is -1.45. The van der Waals surface area contributed by atoms with E-state index in [4.69, 9.17) is 0 Å². The molecular weight excluding hydrogens is 236 g/mol. The molecule has 1 amide bonds. The van der Waals surface area contributed by atoms with Crippen molar-refractivity contribution in [2.24, 2.45) is 5.92 Å². The van der Waals surface area contributed by atoms with Crippen LogP contribution >= 0.6 is 0 Å². The first-order valence-electron chi connectivity index (χ1n) is 6.38. The van der Waals surface area contributed by atoms with Crippen LogP contribution in [0, 0.1) is 17.6 Å². The lowest BCUT2D eigenvalue weighted by Crippen LogP contribution is -2.31. The number of halogens is 2. The molecule has 1 aromatic carbocycles. The van der Waals surface area contributed by atoms with Gasteiger partial charge in [-0.25, -0.2) is 8.78 Å². The number of carbonyl (C=O) groups excluding carboxylic acids is 1. The molecule has 1 aromatic rings. The monoisotopic (exact) mass is 253 g/mol. The van der Waals surface area contributed by atoms with Crippen molar-refractivity contribution in [1.82, 2.24) is 5.32 Å². The summed E-state index contributed by atoms with van der Waals surface area (Å²) in [5.41, 5.74) is 0.194. The van der Waals surface area contributed by atoms with Crippen molar-refractivity contribution in [3.8, 4) is 0 Å². The topological polar surface area (TPSA) is 29.1 Å². The zero-order chi connectivity index (χ0) is 13.0. The first-order chi connectivity index (χ1) is 8.66. The van der Waals surface area contributed by atoms with Gasteiger partial charge in [0.15, 0.2) is 0 Å². The fourth-order valence-electron chi connectivity index (χ4n) is 2.37. The Balaban J connectivity index is 1.90. The number of carbonyl (C=O) groups is 1. The zero-order valence-corrected chi connectivity index (χ0v) is 10.2. The molecular formula is C14H17F2NO. The van der Waals surface area contributed by atoms with E-state index in [0.29, 0.717) is 0 Å². The van der Waals surface area contributed by atoms with E-state index in [9.17, 15) is 13.6 Å². The van der Waals surface area contributed by atoms with E-state index in [-0.39, 0.29) is 23.9 Å². The first-order valence-corrected chi connectivity index (χ1v) is 6.38. The molecule has 0 radical (unpaired) electrons. The van der Waals surface area contributed by atoms with E-state index in [1.165, 1.54) is 6.42 Å². The molecule has 0 spiro atoms. The van der Waals surface area contributed by atoms with Gasteiger partial charge in [0.2, 0.25) is 5.91 Å². The summed E-state index contributed by atoms with van der Waals surface area (Å²) in [5, 5.41) is 2.69. The third kappa shape index (κ3) is 3.28. The van der Waals surface area contributed by atoms with E-state index in [1.807, 2.05) is 0 Å². The Labute approximate surface area is 105 Å². The zero-order valence-electron chi connectivity index (χ0n) is 10.2. The van der Waals surface area contributed by atoms with Crippen molar-refractivity contribution < 1.29 is 13.6 Å². The highest BCUT2D eigenvalue weighted by Gasteiger charge is 2.20. The fourth-order valence-corrected chi connectivity index (χ4v) is 2.37. The Morgan fingerprint density at radius 2 is 1.94 bits per heavy atom. The van der Waals surface area contributed by atoms with Gasteiger partial charge in [-0.2, -0.15) is 0 Å². The van der Waals surface area contributed by atoms with Crippen LogP contribution in [0.5, 0.6) is 0 Å². The van der Waals surface area contributed by atoms with Crippen LogP contribution in [-0.2, 0) is 11.3 Å². The molecule has 0 unspecified atom stereocenters. The van der Waals surface area contributed by atoms with Gasteiger partial charge in [0, 0.05) is 18.0 Å². The molecule has 1 aliphatic carbocycles. The molecule has 1 aliphatic rings. The lowest BCUT2D eigenvalue weighted by molar-refractivity contribution is -0.126. The Bertz CT molecular complexity index is 428. The fraction of sp³-hybridized carbons (Fsp3) is 0.500. The minimum absolute atomic E-state index is 0.0374. The molecule has 4 heteroatoms. The van der Waals surface area contributed by atoms with Crippen LogP contribution in [0.2, 0.25) is 0 Å². The summed E-state index contributed by atoms with van der Waals surface area (Å²) in [4.78, 5) is 11.8. The van der Waals surface area contributed by atoms with E-state index in [0.717, 1.165) is 43.9 Å². The standard InChI is InChI=1S/C14H17F2NO/c15-12-6-7-13(16)11(8-12)9-17-14(18)10-4-2-1-3-5-10/h6-8,10H,1-5,9H2,(H,17,18). The molecule has 0 aromatic heterocycles. The van der Waals surface area contributed by atoms with Crippen LogP contribution in [0.4, 0.5) is 8.78 Å². The van der Waals surface area contributed by atoms with Gasteiger partial charge in [-0.15, -0.1) is 0 Å². The average molecular weight is 253 g/mol. The first kappa shape index (κ1) is 13.0. The Morgan fingerprint density at radius 3 is 2.67 bits per heavy atom. The number of hydrogen-bond donors (Lipinski definition) is 1. The van der Waals surface area contributed by atoms with Crippen molar-refractivity contribution in [1.29, 1.82) is 0 Å². The molecule has 0 bridgehead atoms. The third-order valence-electron chi connectivity index (χ3n) is 3.44. The number of nitrogens with one attached hydrogen (secondary N) is 1. The van der Waals surface area contributed by atoms with Gasteiger partial charge < -0.3 is 5.32 Å². The summed E-state index contributed by atoms with van der Waals surface area (Å²) >= 11 is 0. The second-order valence-corrected chi connectivity index (χ2v) is 4.79. The van der Waals surface area contributed by atoms with Gasteiger partial charge >= 0.3 is 0 Å². The van der Waals surface area contributed by atoms with Gasteiger partial charge in [0.05, 0.1) is 0 Å². The van der Waals surface area contributed by atoms with Gasteiger partial charge in [-0.05, 0) is 31.0 Å². The Kier molecular flexibility index (Phi) is 4.28. The Morgan fingerprint density at radius 1 is 1.22 bits per heavy atom. The van der Waals surface area contributed by atoms with Gasteiger partial charge in [0.25, 0.3) is 0 Å². The summed E-state index contributed by atoms with van der Waals surface area (Å²) < 4.78 is 26.3. The van der Waals surface area contributed by atoms with Crippen molar-refractivity contribution in [2.75, 3.05) is 0 Å². The van der Waals surface area contributed by atoms with E-state index < -0.39 is 11.6 Å². The molecule has 0 atom stereocenters. The quantitative estimate of drug-likeness (QED) is 0.880. The highest BCUT2D eigenvalue weighted by molar-refractivity contribution is 5.78. The minimum Gasteiger partial charge on any atom is -0.352 e. The highest BCUT2D eigenvalue weighted by atomic mass is 19.1.